The summed E-state index contributed by atoms with van der Waals surface area (Å²) in [5.74, 6) is 1.02. The van der Waals surface area contributed by atoms with Crippen molar-refractivity contribution in [1.29, 1.82) is 0 Å². The van der Waals surface area contributed by atoms with E-state index in [-0.39, 0.29) is 17.9 Å². The Kier molecular flexibility index (Phi) is 7.30. The van der Waals surface area contributed by atoms with Crippen LogP contribution in [0.2, 0.25) is 0 Å². The lowest BCUT2D eigenvalue weighted by Gasteiger charge is -2.27. The van der Waals surface area contributed by atoms with Gasteiger partial charge in [0.2, 0.25) is 5.91 Å². The van der Waals surface area contributed by atoms with Gasteiger partial charge in [0.1, 0.15) is 5.75 Å². The van der Waals surface area contributed by atoms with Gasteiger partial charge in [-0.25, -0.2) is 0 Å². The molecule has 146 valence electrons. The van der Waals surface area contributed by atoms with Gasteiger partial charge < -0.3 is 14.4 Å². The van der Waals surface area contributed by atoms with E-state index in [2.05, 4.69) is 23.6 Å². The first-order valence-corrected chi connectivity index (χ1v) is 10.6. The third-order valence-corrected chi connectivity index (χ3v) is 5.66. The molecule has 2 aromatic rings. The normalized spacial score (nSPS) is 16.6. The molecule has 1 aromatic carbocycles. The molecule has 0 radical (unpaired) electrons. The highest BCUT2D eigenvalue weighted by molar-refractivity contribution is 7.09. The molecule has 1 aliphatic rings. The molecule has 5 heteroatoms. The average molecular weight is 388 g/mol. The number of ether oxygens (including phenoxy) is 2. The number of carbonyl (C=O) groups is 1. The summed E-state index contributed by atoms with van der Waals surface area (Å²) in [7, 11) is 0. The molecular formula is C22H29NO3S. The zero-order valence-corrected chi connectivity index (χ0v) is 17.0. The Labute approximate surface area is 166 Å². The molecule has 0 bridgehead atoms. The second-order valence-electron chi connectivity index (χ2n) is 7.33. The Morgan fingerprint density at radius 2 is 2.22 bits per heavy atom. The maximum absolute atomic E-state index is 12.7. The van der Waals surface area contributed by atoms with E-state index >= 15 is 0 Å². The van der Waals surface area contributed by atoms with Gasteiger partial charge in [-0.2, -0.15) is 0 Å². The van der Waals surface area contributed by atoms with Gasteiger partial charge in [-0.1, -0.05) is 32.0 Å². The highest BCUT2D eigenvalue weighted by Gasteiger charge is 2.24. The number of amides is 1. The fourth-order valence-electron chi connectivity index (χ4n) is 3.31. The Morgan fingerprint density at radius 3 is 2.93 bits per heavy atom. The topological polar surface area (TPSA) is 38.8 Å². The molecule has 1 amide bonds. The molecule has 2 heterocycles. The van der Waals surface area contributed by atoms with Gasteiger partial charge in [0.15, 0.2) is 0 Å². The van der Waals surface area contributed by atoms with Gasteiger partial charge in [0.05, 0.1) is 12.7 Å². The number of nitrogens with zero attached hydrogens (tertiary/aromatic N) is 1. The van der Waals surface area contributed by atoms with Crippen molar-refractivity contribution in [3.63, 3.8) is 0 Å². The largest absolute Gasteiger partial charge is 0.493 e. The molecule has 1 aromatic heterocycles. The van der Waals surface area contributed by atoms with Crippen LogP contribution in [0.5, 0.6) is 5.75 Å². The Bertz CT molecular complexity index is 708. The summed E-state index contributed by atoms with van der Waals surface area (Å²) in [6.07, 6.45) is 3.20. The quantitative estimate of drug-likeness (QED) is 0.634. The first kappa shape index (κ1) is 19.9. The number of hydrogen-bond acceptors (Lipinski definition) is 4. The van der Waals surface area contributed by atoms with Crippen molar-refractivity contribution < 1.29 is 14.3 Å². The van der Waals surface area contributed by atoms with Crippen LogP contribution in [0.4, 0.5) is 0 Å². The van der Waals surface area contributed by atoms with Crippen molar-refractivity contribution in [3.05, 3.63) is 52.2 Å². The van der Waals surface area contributed by atoms with Crippen molar-refractivity contribution in [2.45, 2.75) is 45.8 Å². The minimum Gasteiger partial charge on any atom is -0.493 e. The Balaban J connectivity index is 1.59. The van der Waals surface area contributed by atoms with Crippen molar-refractivity contribution >= 4 is 17.2 Å². The summed E-state index contributed by atoms with van der Waals surface area (Å²) in [6.45, 7) is 6.64. The van der Waals surface area contributed by atoms with E-state index in [1.807, 2.05) is 36.9 Å². The number of thiophene rings is 1. The third-order valence-electron chi connectivity index (χ3n) is 4.72. The van der Waals surface area contributed by atoms with E-state index < -0.39 is 0 Å². The number of rotatable bonds is 9. The monoisotopic (exact) mass is 387 g/mol. The molecule has 0 unspecified atom stereocenters. The minimum atomic E-state index is -0.0170. The summed E-state index contributed by atoms with van der Waals surface area (Å²) in [6, 6.07) is 12.3. The Hall–Kier alpha value is -1.85. The van der Waals surface area contributed by atoms with E-state index in [1.165, 1.54) is 4.88 Å². The molecule has 1 saturated heterocycles. The number of benzene rings is 1. The van der Waals surface area contributed by atoms with Crippen LogP contribution in [0.25, 0.3) is 0 Å². The Morgan fingerprint density at radius 1 is 1.33 bits per heavy atom. The van der Waals surface area contributed by atoms with Gasteiger partial charge in [-0.05, 0) is 42.0 Å². The van der Waals surface area contributed by atoms with E-state index in [1.54, 1.807) is 11.3 Å². The molecule has 4 nitrogen and oxygen atoms in total. The van der Waals surface area contributed by atoms with E-state index in [0.29, 0.717) is 19.7 Å². The standard InChI is InChI=1S/C22H29NO3S/c1-17(2)22(24)23(16-20-8-4-11-25-20)15-18-6-3-7-19(14-18)26-12-10-21-9-5-13-27-21/h3,5-7,9,13-14,17,20H,4,8,10-12,15-16H2,1-2H3/t20-/m1/s1. The lowest BCUT2D eigenvalue weighted by molar-refractivity contribution is -0.136. The molecule has 0 spiro atoms. The van der Waals surface area contributed by atoms with Gasteiger partial charge in [0.25, 0.3) is 0 Å². The maximum atomic E-state index is 12.7. The summed E-state index contributed by atoms with van der Waals surface area (Å²) in [5.41, 5.74) is 1.09. The van der Waals surface area contributed by atoms with Crippen LogP contribution >= 0.6 is 11.3 Å². The van der Waals surface area contributed by atoms with Gasteiger partial charge >= 0.3 is 0 Å². The molecule has 0 aliphatic carbocycles. The van der Waals surface area contributed by atoms with E-state index in [9.17, 15) is 4.79 Å². The van der Waals surface area contributed by atoms with Gasteiger partial charge in [0, 0.05) is 36.9 Å². The van der Waals surface area contributed by atoms with Crippen LogP contribution in [-0.4, -0.2) is 36.7 Å². The fraction of sp³-hybridized carbons (Fsp3) is 0.500. The first-order chi connectivity index (χ1) is 13.1. The molecule has 0 saturated carbocycles. The zero-order valence-electron chi connectivity index (χ0n) is 16.2. The molecule has 1 fully saturated rings. The molecule has 27 heavy (non-hydrogen) atoms. The predicted octanol–water partition coefficient (Wildman–Crippen LogP) is 4.53. The molecule has 0 N–H and O–H groups in total. The highest BCUT2D eigenvalue weighted by atomic mass is 32.1. The van der Waals surface area contributed by atoms with E-state index in [4.69, 9.17) is 9.47 Å². The summed E-state index contributed by atoms with van der Waals surface area (Å²) in [5, 5.41) is 2.09. The third kappa shape index (κ3) is 6.08. The molecule has 1 atom stereocenters. The van der Waals surface area contributed by atoms with Crippen molar-refractivity contribution in [2.75, 3.05) is 19.8 Å². The average Bonchev–Trinajstić information content (AvgIpc) is 3.35. The van der Waals surface area contributed by atoms with Gasteiger partial charge in [-0.3, -0.25) is 4.79 Å². The van der Waals surface area contributed by atoms with Crippen LogP contribution in [0, 0.1) is 5.92 Å². The summed E-state index contributed by atoms with van der Waals surface area (Å²) in [4.78, 5) is 15.9. The van der Waals surface area contributed by atoms with Crippen LogP contribution in [0.15, 0.2) is 41.8 Å². The number of carbonyl (C=O) groups excluding carboxylic acids is 1. The van der Waals surface area contributed by atoms with Crippen molar-refractivity contribution in [2.24, 2.45) is 5.92 Å². The smallest absolute Gasteiger partial charge is 0.225 e. The first-order valence-electron chi connectivity index (χ1n) is 9.76. The van der Waals surface area contributed by atoms with Crippen LogP contribution in [-0.2, 0) is 22.5 Å². The van der Waals surface area contributed by atoms with Gasteiger partial charge in [-0.15, -0.1) is 11.3 Å². The molecular weight excluding hydrogens is 358 g/mol. The van der Waals surface area contributed by atoms with Crippen molar-refractivity contribution in [3.8, 4) is 5.75 Å². The van der Waals surface area contributed by atoms with Crippen LogP contribution in [0.1, 0.15) is 37.1 Å². The fourth-order valence-corrected chi connectivity index (χ4v) is 4.00. The van der Waals surface area contributed by atoms with Crippen LogP contribution in [0.3, 0.4) is 0 Å². The lowest BCUT2D eigenvalue weighted by Crippen LogP contribution is -2.39. The zero-order chi connectivity index (χ0) is 19.1. The van der Waals surface area contributed by atoms with E-state index in [0.717, 1.165) is 37.2 Å². The maximum Gasteiger partial charge on any atom is 0.225 e. The highest BCUT2D eigenvalue weighted by Crippen LogP contribution is 2.20. The summed E-state index contributed by atoms with van der Waals surface area (Å²) >= 11 is 1.75. The second kappa shape index (κ2) is 9.90. The number of hydrogen-bond donors (Lipinski definition) is 0. The van der Waals surface area contributed by atoms with Crippen LogP contribution < -0.4 is 4.74 Å². The molecule has 3 rings (SSSR count). The second-order valence-corrected chi connectivity index (χ2v) is 8.37. The van der Waals surface area contributed by atoms with Crippen molar-refractivity contribution in [1.82, 2.24) is 4.90 Å². The lowest BCUT2D eigenvalue weighted by atomic mass is 10.1. The predicted molar refractivity (Wildman–Crippen MR) is 109 cm³/mol. The molecule has 1 aliphatic heterocycles. The summed E-state index contributed by atoms with van der Waals surface area (Å²) < 4.78 is 11.7. The SMILES string of the molecule is CC(C)C(=O)N(Cc1cccc(OCCc2cccs2)c1)C[C@H]1CCCO1. The minimum absolute atomic E-state index is 0.0170.